The van der Waals surface area contributed by atoms with E-state index in [0.29, 0.717) is 43.5 Å². The molecule has 5 rings (SSSR count). The van der Waals surface area contributed by atoms with E-state index in [4.69, 9.17) is 10.6 Å². The number of halogens is 3. The summed E-state index contributed by atoms with van der Waals surface area (Å²) in [6, 6.07) is 5.40. The molecule has 0 bridgehead atoms. The maximum Gasteiger partial charge on any atom is 0.249 e. The van der Waals surface area contributed by atoms with Gasteiger partial charge in [0, 0.05) is 30.5 Å². The fraction of sp³-hybridized carbons (Fsp3) is 0.400. The Bertz CT molecular complexity index is 1270. The molecule has 0 radical (unpaired) electrons. The number of aromatic nitrogens is 2. The highest BCUT2D eigenvalue weighted by atomic mass is 19.1. The predicted octanol–water partition coefficient (Wildman–Crippen LogP) is 4.26. The molecule has 1 aromatic heterocycles. The second kappa shape index (κ2) is 9.33. The Balaban J connectivity index is 1.24. The van der Waals surface area contributed by atoms with Crippen LogP contribution in [-0.4, -0.2) is 33.0 Å². The summed E-state index contributed by atoms with van der Waals surface area (Å²) in [5, 5.41) is 1.29. The summed E-state index contributed by atoms with van der Waals surface area (Å²) in [6.07, 6.45) is 4.84. The number of carbonyl (C=O) groups is 2. The Morgan fingerprint density at radius 1 is 1.00 bits per heavy atom. The van der Waals surface area contributed by atoms with Gasteiger partial charge in [0.15, 0.2) is 5.82 Å². The first-order valence-electron chi connectivity index (χ1n) is 11.7. The molecule has 1 aliphatic carbocycles. The summed E-state index contributed by atoms with van der Waals surface area (Å²) in [7, 11) is 0. The monoisotopic (exact) mass is 486 g/mol. The molecule has 1 aliphatic heterocycles. The first-order valence-corrected chi connectivity index (χ1v) is 11.7. The van der Waals surface area contributed by atoms with Crippen LogP contribution < -0.4 is 5.73 Å². The molecule has 2 aromatic carbocycles. The van der Waals surface area contributed by atoms with Gasteiger partial charge in [-0.25, -0.2) is 23.2 Å². The maximum atomic E-state index is 14.3. The van der Waals surface area contributed by atoms with Crippen molar-refractivity contribution in [3.8, 4) is 0 Å². The lowest BCUT2D eigenvalue weighted by atomic mass is 9.81. The second-order valence-electron chi connectivity index (χ2n) is 9.31. The number of hydrogen-bond acceptors (Lipinski definition) is 4. The molecule has 2 aliphatic rings. The molecule has 2 fully saturated rings. The summed E-state index contributed by atoms with van der Waals surface area (Å²) in [5.41, 5.74) is 6.48. The summed E-state index contributed by atoms with van der Waals surface area (Å²) < 4.78 is 43.5. The van der Waals surface area contributed by atoms with Gasteiger partial charge in [0.1, 0.15) is 17.2 Å². The Morgan fingerprint density at radius 3 is 2.40 bits per heavy atom. The van der Waals surface area contributed by atoms with Gasteiger partial charge in [0.2, 0.25) is 11.8 Å². The van der Waals surface area contributed by atoms with Crippen LogP contribution in [0.2, 0.25) is 0 Å². The Kier molecular flexibility index (Phi) is 6.22. The van der Waals surface area contributed by atoms with Crippen molar-refractivity contribution in [2.45, 2.75) is 44.7 Å². The summed E-state index contributed by atoms with van der Waals surface area (Å²) in [6.45, 7) is 0.881. The third-order valence-electron chi connectivity index (χ3n) is 7.01. The highest BCUT2D eigenvalue weighted by Gasteiger charge is 2.37. The van der Waals surface area contributed by atoms with Gasteiger partial charge >= 0.3 is 0 Å². The van der Waals surface area contributed by atoms with Gasteiger partial charge in [0.05, 0.1) is 24.5 Å². The minimum Gasteiger partial charge on any atom is -0.366 e. The number of carbonyl (C=O) groups excluding carboxylic acids is 2. The summed E-state index contributed by atoms with van der Waals surface area (Å²) in [4.78, 5) is 34.4. The van der Waals surface area contributed by atoms with Crippen LogP contribution in [0.25, 0.3) is 11.0 Å². The molecule has 35 heavy (non-hydrogen) atoms. The van der Waals surface area contributed by atoms with Crippen LogP contribution in [-0.2, 0) is 16.2 Å². The van der Waals surface area contributed by atoms with E-state index in [-0.39, 0.29) is 28.8 Å². The largest absolute Gasteiger partial charge is 0.366 e. The van der Waals surface area contributed by atoms with Crippen molar-refractivity contribution >= 4 is 22.8 Å². The van der Waals surface area contributed by atoms with E-state index in [1.54, 1.807) is 12.4 Å². The van der Waals surface area contributed by atoms with Crippen molar-refractivity contribution in [3.05, 3.63) is 65.2 Å². The van der Waals surface area contributed by atoms with Crippen molar-refractivity contribution < 1.29 is 27.6 Å². The normalized spacial score (nSPS) is 22.6. The molecular formula is C25H25F3N4O3. The molecule has 1 atom stereocenters. The fourth-order valence-electron chi connectivity index (χ4n) is 5.22. The lowest BCUT2D eigenvalue weighted by Gasteiger charge is -2.32. The first-order chi connectivity index (χ1) is 16.8. The van der Waals surface area contributed by atoms with Crippen LogP contribution in [0.15, 0.2) is 36.7 Å². The van der Waals surface area contributed by atoms with Crippen LogP contribution in [0.5, 0.6) is 0 Å². The van der Waals surface area contributed by atoms with Gasteiger partial charge in [-0.3, -0.25) is 14.4 Å². The number of nitrogens with two attached hydrogens (primary N) is 1. The molecule has 1 saturated carbocycles. The van der Waals surface area contributed by atoms with Crippen LogP contribution in [0.3, 0.4) is 0 Å². The van der Waals surface area contributed by atoms with E-state index in [1.165, 1.54) is 17.2 Å². The summed E-state index contributed by atoms with van der Waals surface area (Å²) in [5.74, 6) is -2.85. The lowest BCUT2D eigenvalue weighted by molar-refractivity contribution is -0.183. The third kappa shape index (κ3) is 4.62. The average molecular weight is 486 g/mol. The van der Waals surface area contributed by atoms with Crippen LogP contribution in [0.1, 0.15) is 54.1 Å². The SMILES string of the molecule is NC(=O)c1cc(F)c2ncn(CC3CCC(C(=O)N4OCC[C@H]4c4cc(F)cc(F)c4)CC3)c2c1. The second-order valence-corrected chi connectivity index (χ2v) is 9.31. The predicted molar refractivity (Wildman–Crippen MR) is 120 cm³/mol. The van der Waals surface area contributed by atoms with E-state index in [9.17, 15) is 22.8 Å². The minimum absolute atomic E-state index is 0.0874. The quantitative estimate of drug-likeness (QED) is 0.583. The van der Waals surface area contributed by atoms with E-state index in [2.05, 4.69) is 4.98 Å². The molecule has 2 N–H and O–H groups in total. The minimum atomic E-state index is -0.707. The highest BCUT2D eigenvalue weighted by molar-refractivity contribution is 5.96. The molecule has 2 heterocycles. The van der Waals surface area contributed by atoms with Gasteiger partial charge in [-0.05, 0) is 61.4 Å². The maximum absolute atomic E-state index is 14.3. The van der Waals surface area contributed by atoms with Gasteiger partial charge in [-0.2, -0.15) is 0 Å². The molecule has 2 amide bonds. The number of imidazole rings is 1. The Hall–Kier alpha value is -3.40. The van der Waals surface area contributed by atoms with Crippen molar-refractivity contribution in [2.24, 2.45) is 17.6 Å². The zero-order valence-electron chi connectivity index (χ0n) is 18.9. The number of amides is 2. The zero-order chi connectivity index (χ0) is 24.7. The molecule has 0 spiro atoms. The van der Waals surface area contributed by atoms with E-state index in [1.807, 2.05) is 4.57 Å². The van der Waals surface area contributed by atoms with Gasteiger partial charge in [-0.15, -0.1) is 0 Å². The average Bonchev–Trinajstić information content (AvgIpc) is 3.46. The third-order valence-corrected chi connectivity index (χ3v) is 7.01. The zero-order valence-corrected chi connectivity index (χ0v) is 18.9. The number of primary amides is 1. The van der Waals surface area contributed by atoms with Crippen LogP contribution in [0, 0.1) is 29.3 Å². The van der Waals surface area contributed by atoms with Crippen LogP contribution >= 0.6 is 0 Å². The molecule has 184 valence electrons. The number of benzene rings is 2. The molecule has 3 aromatic rings. The molecular weight excluding hydrogens is 461 g/mol. The standard InChI is InChI=1S/C25H25F3N4O3/c26-18-7-16(8-19(27)11-18)21-5-6-35-32(21)25(34)15-3-1-14(2-4-15)12-31-13-30-23-20(28)9-17(24(29)33)10-22(23)31/h7-11,13-15,21H,1-6,12H2,(H2,29,33)/t14?,15?,21-/m0/s1. The molecule has 1 saturated heterocycles. The van der Waals surface area contributed by atoms with Crippen molar-refractivity contribution in [2.75, 3.05) is 6.61 Å². The lowest BCUT2D eigenvalue weighted by Crippen LogP contribution is -2.37. The Morgan fingerprint density at radius 2 is 1.71 bits per heavy atom. The number of hydrogen-bond donors (Lipinski definition) is 1. The molecule has 7 nitrogen and oxygen atoms in total. The summed E-state index contributed by atoms with van der Waals surface area (Å²) >= 11 is 0. The van der Waals surface area contributed by atoms with E-state index >= 15 is 0 Å². The highest BCUT2D eigenvalue weighted by Crippen LogP contribution is 2.37. The molecule has 10 heteroatoms. The number of rotatable bonds is 5. The van der Waals surface area contributed by atoms with Crippen molar-refractivity contribution in [1.82, 2.24) is 14.6 Å². The van der Waals surface area contributed by atoms with Gasteiger partial charge in [0.25, 0.3) is 0 Å². The topological polar surface area (TPSA) is 90.5 Å². The number of fused-ring (bicyclic) bond motifs is 1. The van der Waals surface area contributed by atoms with Crippen molar-refractivity contribution in [1.29, 1.82) is 0 Å². The van der Waals surface area contributed by atoms with Gasteiger partial charge in [-0.1, -0.05) is 0 Å². The fourth-order valence-corrected chi connectivity index (χ4v) is 5.22. The van der Waals surface area contributed by atoms with E-state index in [0.717, 1.165) is 25.0 Å². The number of nitrogens with zero attached hydrogens (tertiary/aromatic N) is 3. The Labute approximate surface area is 199 Å². The smallest absolute Gasteiger partial charge is 0.249 e. The first kappa shape index (κ1) is 23.3. The van der Waals surface area contributed by atoms with Gasteiger partial charge < -0.3 is 10.3 Å². The number of hydroxylamine groups is 2. The molecule has 0 unspecified atom stereocenters. The van der Waals surface area contributed by atoms with Crippen LogP contribution in [0.4, 0.5) is 13.2 Å². The van der Waals surface area contributed by atoms with E-state index < -0.39 is 29.4 Å². The van der Waals surface area contributed by atoms with Crippen molar-refractivity contribution in [3.63, 3.8) is 0 Å².